The van der Waals surface area contributed by atoms with Gasteiger partial charge in [0, 0.05) is 31.7 Å². The molecule has 1 saturated heterocycles. The number of rotatable bonds is 2. The highest BCUT2D eigenvalue weighted by molar-refractivity contribution is 5.91. The van der Waals surface area contributed by atoms with E-state index in [9.17, 15) is 4.79 Å². The van der Waals surface area contributed by atoms with E-state index in [1.807, 2.05) is 0 Å². The maximum absolute atomic E-state index is 13.3. The summed E-state index contributed by atoms with van der Waals surface area (Å²) in [6.45, 7) is 14.9. The molecule has 24 heavy (non-hydrogen) atoms. The van der Waals surface area contributed by atoms with Crippen LogP contribution in [0.3, 0.4) is 0 Å². The third-order valence-electron chi connectivity index (χ3n) is 5.67. The molecular weight excluding hydrogens is 296 g/mol. The monoisotopic (exact) mass is 328 g/mol. The molecular formula is C21H32N2O. The fourth-order valence-corrected chi connectivity index (χ4v) is 4.10. The van der Waals surface area contributed by atoms with E-state index < -0.39 is 0 Å². The lowest BCUT2D eigenvalue weighted by molar-refractivity contribution is -0.133. The summed E-state index contributed by atoms with van der Waals surface area (Å²) in [7, 11) is 0. The molecule has 1 aromatic rings. The van der Waals surface area contributed by atoms with Crippen molar-refractivity contribution >= 4 is 5.91 Å². The van der Waals surface area contributed by atoms with Gasteiger partial charge < -0.3 is 4.90 Å². The Labute approximate surface area is 147 Å². The largest absolute Gasteiger partial charge is 0.341 e. The summed E-state index contributed by atoms with van der Waals surface area (Å²) < 4.78 is 0. The van der Waals surface area contributed by atoms with E-state index in [2.05, 4.69) is 62.6 Å². The summed E-state index contributed by atoms with van der Waals surface area (Å²) in [5.41, 5.74) is 3.72. The van der Waals surface area contributed by atoms with Crippen LogP contribution < -0.4 is 0 Å². The maximum Gasteiger partial charge on any atom is 0.233 e. The van der Waals surface area contributed by atoms with Crippen molar-refractivity contribution in [2.75, 3.05) is 26.2 Å². The molecule has 3 rings (SSSR count). The molecule has 1 aliphatic carbocycles. The highest BCUT2D eigenvalue weighted by Crippen LogP contribution is 2.50. The van der Waals surface area contributed by atoms with Gasteiger partial charge in [-0.05, 0) is 59.4 Å². The first-order valence-corrected chi connectivity index (χ1v) is 9.36. The molecule has 1 amide bonds. The third-order valence-corrected chi connectivity index (χ3v) is 5.67. The Morgan fingerprint density at radius 3 is 2.12 bits per heavy atom. The number of hydrogen-bond donors (Lipinski definition) is 0. The normalized spacial score (nSPS) is 21.5. The second-order valence-electron chi connectivity index (χ2n) is 8.76. The summed E-state index contributed by atoms with van der Waals surface area (Å²) in [6.07, 6.45) is 3.09. The molecule has 0 bridgehead atoms. The lowest BCUT2D eigenvalue weighted by Gasteiger charge is -2.34. The molecule has 1 heterocycles. The number of hydrogen-bond acceptors (Lipinski definition) is 2. The van der Waals surface area contributed by atoms with Crippen LogP contribution in [0.25, 0.3) is 0 Å². The average molecular weight is 329 g/mol. The van der Waals surface area contributed by atoms with Crippen LogP contribution in [0.2, 0.25) is 0 Å². The summed E-state index contributed by atoms with van der Waals surface area (Å²) >= 11 is 0. The van der Waals surface area contributed by atoms with Gasteiger partial charge in [-0.1, -0.05) is 29.3 Å². The second-order valence-corrected chi connectivity index (χ2v) is 8.76. The highest BCUT2D eigenvalue weighted by Gasteiger charge is 2.53. The van der Waals surface area contributed by atoms with Crippen LogP contribution in [0.1, 0.15) is 56.7 Å². The van der Waals surface area contributed by atoms with Gasteiger partial charge in [-0.3, -0.25) is 9.69 Å². The zero-order valence-corrected chi connectivity index (χ0v) is 16.0. The fourth-order valence-electron chi connectivity index (χ4n) is 4.10. The number of carbonyl (C=O) groups is 1. The van der Waals surface area contributed by atoms with Crippen LogP contribution in [0.4, 0.5) is 0 Å². The van der Waals surface area contributed by atoms with Crippen molar-refractivity contribution in [3.8, 4) is 0 Å². The van der Waals surface area contributed by atoms with E-state index in [1.54, 1.807) is 0 Å². The Kier molecular flexibility index (Phi) is 4.50. The lowest BCUT2D eigenvalue weighted by Crippen LogP contribution is -2.45. The summed E-state index contributed by atoms with van der Waals surface area (Å²) in [5, 5.41) is 0. The van der Waals surface area contributed by atoms with Crippen LogP contribution in [0, 0.1) is 13.8 Å². The minimum Gasteiger partial charge on any atom is -0.341 e. The van der Waals surface area contributed by atoms with Gasteiger partial charge in [0.2, 0.25) is 5.91 Å². The summed E-state index contributed by atoms with van der Waals surface area (Å²) in [6, 6.07) is 6.63. The Morgan fingerprint density at radius 2 is 1.58 bits per heavy atom. The maximum atomic E-state index is 13.3. The Hall–Kier alpha value is -1.35. The first-order chi connectivity index (χ1) is 11.2. The van der Waals surface area contributed by atoms with E-state index in [1.165, 1.54) is 16.7 Å². The smallest absolute Gasteiger partial charge is 0.233 e. The number of carbonyl (C=O) groups excluding carboxylic acids is 1. The molecule has 132 valence electrons. The number of amides is 1. The number of aryl methyl sites for hydroxylation is 2. The first-order valence-electron chi connectivity index (χ1n) is 9.36. The molecule has 0 N–H and O–H groups in total. The van der Waals surface area contributed by atoms with Gasteiger partial charge in [0.15, 0.2) is 0 Å². The van der Waals surface area contributed by atoms with Crippen molar-refractivity contribution in [2.45, 2.75) is 64.8 Å². The molecule has 0 spiro atoms. The number of benzene rings is 1. The van der Waals surface area contributed by atoms with Gasteiger partial charge in [0.25, 0.3) is 0 Å². The van der Waals surface area contributed by atoms with Gasteiger partial charge in [-0.25, -0.2) is 0 Å². The van der Waals surface area contributed by atoms with E-state index in [0.717, 1.165) is 45.4 Å². The molecule has 1 aliphatic heterocycles. The highest BCUT2D eigenvalue weighted by atomic mass is 16.2. The Morgan fingerprint density at radius 1 is 0.958 bits per heavy atom. The fraction of sp³-hybridized carbons (Fsp3) is 0.667. The molecule has 3 nitrogen and oxygen atoms in total. The quantitative estimate of drug-likeness (QED) is 0.827. The topological polar surface area (TPSA) is 23.6 Å². The second kappa shape index (κ2) is 6.18. The van der Waals surface area contributed by atoms with Crippen LogP contribution in [0.15, 0.2) is 18.2 Å². The molecule has 0 radical (unpaired) electrons. The molecule has 1 saturated carbocycles. The molecule has 2 fully saturated rings. The van der Waals surface area contributed by atoms with E-state index in [-0.39, 0.29) is 11.0 Å². The van der Waals surface area contributed by atoms with Gasteiger partial charge in [-0.2, -0.15) is 0 Å². The average Bonchev–Trinajstić information content (AvgIpc) is 3.29. The lowest BCUT2D eigenvalue weighted by atomic mass is 9.91. The van der Waals surface area contributed by atoms with Crippen molar-refractivity contribution in [3.63, 3.8) is 0 Å². The summed E-state index contributed by atoms with van der Waals surface area (Å²) in [4.78, 5) is 18.0. The molecule has 3 heteroatoms. The van der Waals surface area contributed by atoms with E-state index >= 15 is 0 Å². The van der Waals surface area contributed by atoms with Crippen molar-refractivity contribution < 1.29 is 4.79 Å². The Balaban J connectivity index is 1.76. The van der Waals surface area contributed by atoms with Gasteiger partial charge in [-0.15, -0.1) is 0 Å². The van der Waals surface area contributed by atoms with Crippen LogP contribution in [-0.2, 0) is 10.2 Å². The van der Waals surface area contributed by atoms with E-state index in [0.29, 0.717) is 5.91 Å². The third kappa shape index (κ3) is 3.37. The van der Waals surface area contributed by atoms with Crippen molar-refractivity contribution in [2.24, 2.45) is 0 Å². The first kappa shape index (κ1) is 17.5. The zero-order valence-electron chi connectivity index (χ0n) is 16.0. The molecule has 0 unspecified atom stereocenters. The standard InChI is InChI=1S/C21H32N2O/c1-16-13-17(2)15-18(14-16)21(7-8-21)19(24)22-9-6-10-23(12-11-22)20(3,4)5/h13-15H,6-12H2,1-5H3. The van der Waals surface area contributed by atoms with Crippen LogP contribution in [-0.4, -0.2) is 47.4 Å². The minimum absolute atomic E-state index is 0.185. The summed E-state index contributed by atoms with van der Waals surface area (Å²) in [5.74, 6) is 0.364. The SMILES string of the molecule is Cc1cc(C)cc(C2(C(=O)N3CCCN(C(C)(C)C)CC3)CC2)c1. The van der Waals surface area contributed by atoms with Crippen molar-refractivity contribution in [1.29, 1.82) is 0 Å². The van der Waals surface area contributed by atoms with Crippen LogP contribution >= 0.6 is 0 Å². The molecule has 2 aliphatic rings. The van der Waals surface area contributed by atoms with Crippen molar-refractivity contribution in [3.05, 3.63) is 34.9 Å². The zero-order chi connectivity index (χ0) is 17.5. The van der Waals surface area contributed by atoms with Gasteiger partial charge in [0.05, 0.1) is 5.41 Å². The molecule has 1 aromatic carbocycles. The number of nitrogens with zero attached hydrogens (tertiary/aromatic N) is 2. The van der Waals surface area contributed by atoms with E-state index in [4.69, 9.17) is 0 Å². The predicted molar refractivity (Wildman–Crippen MR) is 99.4 cm³/mol. The van der Waals surface area contributed by atoms with Gasteiger partial charge >= 0.3 is 0 Å². The van der Waals surface area contributed by atoms with Gasteiger partial charge in [0.1, 0.15) is 0 Å². The minimum atomic E-state index is -0.228. The Bertz CT molecular complexity index is 605. The predicted octanol–water partition coefficient (Wildman–Crippen LogP) is 3.67. The van der Waals surface area contributed by atoms with Crippen LogP contribution in [0.5, 0.6) is 0 Å². The molecule has 0 atom stereocenters. The molecule has 0 aromatic heterocycles. The van der Waals surface area contributed by atoms with Crippen molar-refractivity contribution in [1.82, 2.24) is 9.80 Å².